The molecule has 32 heavy (non-hydrogen) atoms. The lowest BCUT2D eigenvalue weighted by molar-refractivity contribution is -0.138. The molecule has 1 aromatic carbocycles. The van der Waals surface area contributed by atoms with Gasteiger partial charge in [-0.25, -0.2) is 4.39 Å². The van der Waals surface area contributed by atoms with Crippen molar-refractivity contribution in [2.24, 2.45) is 11.1 Å². The van der Waals surface area contributed by atoms with Gasteiger partial charge in [0.2, 0.25) is 5.91 Å². The number of halogens is 1. The minimum Gasteiger partial charge on any atom is -0.489 e. The van der Waals surface area contributed by atoms with Gasteiger partial charge in [-0.2, -0.15) is 0 Å². The van der Waals surface area contributed by atoms with E-state index in [4.69, 9.17) is 10.5 Å². The van der Waals surface area contributed by atoms with Crippen LogP contribution in [0.3, 0.4) is 0 Å². The highest BCUT2D eigenvalue weighted by atomic mass is 19.1. The van der Waals surface area contributed by atoms with Crippen LogP contribution in [0.1, 0.15) is 55.5 Å². The van der Waals surface area contributed by atoms with Crippen molar-refractivity contribution in [3.05, 3.63) is 65.5 Å². The largest absolute Gasteiger partial charge is 0.489 e. The zero-order chi connectivity index (χ0) is 22.6. The average molecular weight is 439 g/mol. The van der Waals surface area contributed by atoms with Crippen molar-refractivity contribution < 1.29 is 13.9 Å². The predicted octanol–water partition coefficient (Wildman–Crippen LogP) is 3.88. The Morgan fingerprint density at radius 1 is 1.12 bits per heavy atom. The van der Waals surface area contributed by atoms with E-state index in [1.807, 2.05) is 19.1 Å². The summed E-state index contributed by atoms with van der Waals surface area (Å²) in [5, 5.41) is 3.10. The number of rotatable bonds is 8. The third kappa shape index (κ3) is 4.53. The van der Waals surface area contributed by atoms with E-state index in [-0.39, 0.29) is 29.9 Å². The molecule has 1 heterocycles. The van der Waals surface area contributed by atoms with Gasteiger partial charge in [-0.1, -0.05) is 12.1 Å². The normalized spacial score (nSPS) is 24.9. The maximum atomic E-state index is 13.1. The summed E-state index contributed by atoms with van der Waals surface area (Å²) in [5.74, 6) is 0.853. The van der Waals surface area contributed by atoms with Crippen LogP contribution in [0.2, 0.25) is 0 Å². The summed E-state index contributed by atoms with van der Waals surface area (Å²) in [6, 6.07) is 8.13. The first-order chi connectivity index (χ1) is 15.5. The van der Waals surface area contributed by atoms with Crippen LogP contribution in [0.4, 0.5) is 4.39 Å². The van der Waals surface area contributed by atoms with Crippen LogP contribution in [-0.2, 0) is 16.8 Å². The monoisotopic (exact) mass is 438 g/mol. The summed E-state index contributed by atoms with van der Waals surface area (Å²) >= 11 is 0. The highest BCUT2D eigenvalue weighted by Gasteiger charge is 2.52. The van der Waals surface area contributed by atoms with Gasteiger partial charge in [0.25, 0.3) is 0 Å². The van der Waals surface area contributed by atoms with Crippen LogP contribution in [-0.4, -0.2) is 29.0 Å². The fraction of sp³-hybridized carbons (Fsp3) is 0.480. The van der Waals surface area contributed by atoms with Crippen molar-refractivity contribution in [3.8, 4) is 5.75 Å². The number of nitrogens with two attached hydrogens (primary N) is 1. The van der Waals surface area contributed by atoms with Crippen molar-refractivity contribution in [1.29, 1.82) is 0 Å². The number of ether oxygens (including phenoxy) is 1. The molecule has 2 aromatic rings. The minimum absolute atomic E-state index is 0.129. The van der Waals surface area contributed by atoms with Gasteiger partial charge in [-0.15, -0.1) is 0 Å². The molecule has 3 aliphatic carbocycles. The quantitative estimate of drug-likeness (QED) is 0.653. The molecule has 0 saturated heterocycles. The molecule has 0 spiro atoms. The topological polar surface area (TPSA) is 90.1 Å². The number of carbonyl (C=O) groups excluding carboxylic acids is 1. The first-order valence-corrected chi connectivity index (χ1v) is 11.3. The molecule has 6 nitrogen and oxygen atoms in total. The van der Waals surface area contributed by atoms with Crippen molar-refractivity contribution >= 4 is 5.91 Å². The Hall–Kier alpha value is -2.80. The molecule has 0 unspecified atom stereocenters. The van der Waals surface area contributed by atoms with E-state index in [0.29, 0.717) is 24.2 Å². The molecule has 170 valence electrons. The number of hydrogen-bond donors (Lipinski definition) is 2. The fourth-order valence-electron chi connectivity index (χ4n) is 5.04. The fourth-order valence-corrected chi connectivity index (χ4v) is 5.04. The van der Waals surface area contributed by atoms with E-state index < -0.39 is 0 Å². The zero-order valence-corrected chi connectivity index (χ0v) is 18.6. The Balaban J connectivity index is 1.34. The predicted molar refractivity (Wildman–Crippen MR) is 121 cm³/mol. The third-order valence-electron chi connectivity index (χ3n) is 7.30. The van der Waals surface area contributed by atoms with Crippen LogP contribution >= 0.6 is 0 Å². The number of aryl methyl sites for hydroxylation is 1. The number of carbonyl (C=O) groups is 1. The lowest BCUT2D eigenvalue weighted by Crippen LogP contribution is -2.51. The van der Waals surface area contributed by atoms with E-state index in [1.54, 1.807) is 12.4 Å². The lowest BCUT2D eigenvalue weighted by Gasteiger charge is -2.52. The molecule has 2 bridgehead atoms. The molecule has 3 N–H and O–H groups in total. The molecular formula is C25H31FN4O2. The van der Waals surface area contributed by atoms with Gasteiger partial charge in [0.15, 0.2) is 0 Å². The van der Waals surface area contributed by atoms with E-state index >= 15 is 0 Å². The summed E-state index contributed by atoms with van der Waals surface area (Å²) < 4.78 is 18.3. The van der Waals surface area contributed by atoms with Gasteiger partial charge in [0.1, 0.15) is 12.4 Å². The van der Waals surface area contributed by atoms with Crippen molar-refractivity contribution in [3.63, 3.8) is 0 Å². The van der Waals surface area contributed by atoms with Crippen LogP contribution < -0.4 is 15.8 Å². The van der Waals surface area contributed by atoms with Crippen molar-refractivity contribution in [2.45, 2.75) is 57.4 Å². The second-order valence-electron chi connectivity index (χ2n) is 9.18. The Kier molecular flexibility index (Phi) is 6.55. The standard InChI is InChI=1S/C25H31FN4O2/c1-18-14-29-21(15-28-18)16-30-23(31)25-9-6-24(7-10-25,8-11-25)20-2-4-22(5-3-20)32-17-19(12-26)13-27/h2-5,12,14-15H,6-11,13,16-17,27H2,1H3,(H,30,31)/b19-12+. The first-order valence-electron chi connectivity index (χ1n) is 11.3. The first kappa shape index (κ1) is 22.4. The molecule has 1 aromatic heterocycles. The molecule has 0 atom stereocenters. The molecule has 0 aliphatic heterocycles. The van der Waals surface area contributed by atoms with Gasteiger partial charge in [-0.05, 0) is 68.6 Å². The number of nitrogens with one attached hydrogen (secondary N) is 1. The number of aromatic nitrogens is 2. The Morgan fingerprint density at radius 2 is 1.81 bits per heavy atom. The maximum Gasteiger partial charge on any atom is 0.226 e. The van der Waals surface area contributed by atoms with Crippen LogP contribution in [0, 0.1) is 12.3 Å². The highest BCUT2D eigenvalue weighted by Crippen LogP contribution is 2.57. The molecule has 7 heteroatoms. The molecule has 3 aliphatic rings. The highest BCUT2D eigenvalue weighted by molar-refractivity contribution is 5.83. The second kappa shape index (κ2) is 9.36. The molecule has 0 radical (unpaired) electrons. The summed E-state index contributed by atoms with van der Waals surface area (Å²) in [5.41, 5.74) is 8.71. The molecule has 3 fully saturated rings. The van der Waals surface area contributed by atoms with Crippen LogP contribution in [0.5, 0.6) is 5.75 Å². The number of nitrogens with zero attached hydrogens (tertiary/aromatic N) is 2. The van der Waals surface area contributed by atoms with Gasteiger partial charge in [-0.3, -0.25) is 14.8 Å². The summed E-state index contributed by atoms with van der Waals surface area (Å²) in [7, 11) is 0. The SMILES string of the molecule is Cc1cnc(CNC(=O)C23CCC(c4ccc(OC/C(=C/F)CN)cc4)(CC2)CC3)cn1. The summed E-state index contributed by atoms with van der Waals surface area (Å²) in [6.45, 7) is 2.62. The van der Waals surface area contributed by atoms with E-state index in [9.17, 15) is 9.18 Å². The summed E-state index contributed by atoms with van der Waals surface area (Å²) in [6.07, 6.45) is 9.67. The third-order valence-corrected chi connectivity index (χ3v) is 7.30. The second-order valence-corrected chi connectivity index (χ2v) is 9.18. The molecule has 3 saturated carbocycles. The number of amides is 1. The summed E-state index contributed by atoms with van der Waals surface area (Å²) in [4.78, 5) is 21.6. The molecule has 1 amide bonds. The number of benzene rings is 1. The van der Waals surface area contributed by atoms with Gasteiger partial charge in [0, 0.05) is 23.7 Å². The molecular weight excluding hydrogens is 407 g/mol. The van der Waals surface area contributed by atoms with E-state index in [2.05, 4.69) is 27.4 Å². The Bertz CT molecular complexity index is 948. The maximum absolute atomic E-state index is 13.1. The lowest BCUT2D eigenvalue weighted by atomic mass is 9.51. The number of fused-ring (bicyclic) bond motifs is 3. The van der Waals surface area contributed by atoms with Gasteiger partial charge >= 0.3 is 0 Å². The Morgan fingerprint density at radius 3 is 2.38 bits per heavy atom. The Labute approximate surface area is 188 Å². The van der Waals surface area contributed by atoms with Gasteiger partial charge in [0.05, 0.1) is 30.5 Å². The van der Waals surface area contributed by atoms with E-state index in [1.165, 1.54) is 5.56 Å². The zero-order valence-electron chi connectivity index (χ0n) is 18.6. The number of hydrogen-bond acceptors (Lipinski definition) is 5. The molecule has 5 rings (SSSR count). The smallest absolute Gasteiger partial charge is 0.226 e. The van der Waals surface area contributed by atoms with Crippen molar-refractivity contribution in [1.82, 2.24) is 15.3 Å². The average Bonchev–Trinajstić information content (AvgIpc) is 2.85. The van der Waals surface area contributed by atoms with E-state index in [0.717, 1.165) is 49.9 Å². The van der Waals surface area contributed by atoms with Crippen LogP contribution in [0.15, 0.2) is 48.6 Å². The minimum atomic E-state index is -0.264. The van der Waals surface area contributed by atoms with Crippen LogP contribution in [0.25, 0.3) is 0 Å². The van der Waals surface area contributed by atoms with Crippen molar-refractivity contribution in [2.75, 3.05) is 13.2 Å². The van der Waals surface area contributed by atoms with Gasteiger partial charge < -0.3 is 15.8 Å².